The van der Waals surface area contributed by atoms with Gasteiger partial charge in [0.1, 0.15) is 5.60 Å². The minimum atomic E-state index is -3.90. The Hall–Kier alpha value is -2.70. The standard InChI is InChI=1S/C24H35N5O5S2/c1-16(30)26-17-8-9-18(20(14-17)36(32,33)27-23(2,3)4)19-15-25-21(35-19)28-10-12-29(13-11-28)22(31)34-24(5,6)7/h8-9,14-15,27H,10-13H2,1-7H3,(H,26,30). The van der Waals surface area contributed by atoms with E-state index < -0.39 is 21.2 Å². The van der Waals surface area contributed by atoms with Gasteiger partial charge in [0, 0.05) is 56.1 Å². The molecule has 10 nitrogen and oxygen atoms in total. The zero-order valence-electron chi connectivity index (χ0n) is 21.8. The molecule has 0 unspecified atom stereocenters. The molecule has 0 bridgehead atoms. The summed E-state index contributed by atoms with van der Waals surface area (Å²) in [6, 6.07) is 4.82. The fourth-order valence-corrected chi connectivity index (χ4v) is 6.37. The predicted molar refractivity (Wildman–Crippen MR) is 142 cm³/mol. The SMILES string of the molecule is CC(=O)Nc1ccc(-c2cnc(N3CCN(C(=O)OC(C)(C)C)CC3)s2)c(S(=O)(=O)NC(C)(C)C)c1. The van der Waals surface area contributed by atoms with Gasteiger partial charge in [0.15, 0.2) is 5.13 Å². The lowest BCUT2D eigenvalue weighted by Crippen LogP contribution is -2.50. The van der Waals surface area contributed by atoms with Crippen LogP contribution in [-0.4, -0.2) is 67.6 Å². The number of nitrogens with zero attached hydrogens (tertiary/aromatic N) is 3. The molecule has 1 saturated heterocycles. The summed E-state index contributed by atoms with van der Waals surface area (Å²) >= 11 is 1.38. The van der Waals surface area contributed by atoms with Crippen LogP contribution in [0.3, 0.4) is 0 Å². The minimum Gasteiger partial charge on any atom is -0.444 e. The second-order valence-electron chi connectivity index (χ2n) is 10.7. The third-order valence-corrected chi connectivity index (χ3v) is 7.88. The molecule has 2 amide bonds. The first-order valence-corrected chi connectivity index (χ1v) is 14.0. The van der Waals surface area contributed by atoms with Gasteiger partial charge < -0.3 is 19.9 Å². The Bertz CT molecular complexity index is 1220. The average molecular weight is 538 g/mol. The van der Waals surface area contributed by atoms with Gasteiger partial charge in [0.2, 0.25) is 15.9 Å². The number of carbonyl (C=O) groups excluding carboxylic acids is 2. The highest BCUT2D eigenvalue weighted by Crippen LogP contribution is 2.37. The molecule has 2 heterocycles. The summed E-state index contributed by atoms with van der Waals surface area (Å²) < 4.78 is 34.7. The lowest BCUT2D eigenvalue weighted by atomic mass is 10.1. The number of thiazole rings is 1. The van der Waals surface area contributed by atoms with Crippen LogP contribution in [0.4, 0.5) is 15.6 Å². The quantitative estimate of drug-likeness (QED) is 0.593. The molecule has 0 aliphatic carbocycles. The summed E-state index contributed by atoms with van der Waals surface area (Å²) in [5.74, 6) is -0.291. The van der Waals surface area contributed by atoms with Gasteiger partial charge in [-0.1, -0.05) is 17.4 Å². The smallest absolute Gasteiger partial charge is 0.410 e. The van der Waals surface area contributed by atoms with E-state index in [4.69, 9.17) is 4.74 Å². The van der Waals surface area contributed by atoms with Gasteiger partial charge in [-0.2, -0.15) is 0 Å². The van der Waals surface area contributed by atoms with Crippen LogP contribution in [0.15, 0.2) is 29.3 Å². The van der Waals surface area contributed by atoms with Gasteiger partial charge in [0.05, 0.1) is 9.77 Å². The van der Waals surface area contributed by atoms with E-state index in [0.717, 1.165) is 5.13 Å². The van der Waals surface area contributed by atoms with Crippen molar-refractivity contribution in [1.29, 1.82) is 0 Å². The monoisotopic (exact) mass is 537 g/mol. The number of nitrogens with one attached hydrogen (secondary N) is 2. The molecule has 2 N–H and O–H groups in total. The first kappa shape index (κ1) is 27.9. The lowest BCUT2D eigenvalue weighted by Gasteiger charge is -2.35. The maximum Gasteiger partial charge on any atom is 0.410 e. The van der Waals surface area contributed by atoms with E-state index in [9.17, 15) is 18.0 Å². The molecule has 1 aromatic carbocycles. The van der Waals surface area contributed by atoms with Crippen molar-refractivity contribution in [1.82, 2.24) is 14.6 Å². The number of anilines is 2. The number of sulfonamides is 1. The Labute approximate surface area is 217 Å². The Morgan fingerprint density at radius 3 is 2.25 bits per heavy atom. The van der Waals surface area contributed by atoms with Gasteiger partial charge in [-0.3, -0.25) is 4.79 Å². The minimum absolute atomic E-state index is 0.0635. The van der Waals surface area contributed by atoms with Gasteiger partial charge in [0.25, 0.3) is 0 Å². The number of carbonyl (C=O) groups is 2. The molecule has 198 valence electrons. The Kier molecular flexibility index (Phi) is 8.01. The molecule has 0 spiro atoms. The number of amides is 2. The van der Waals surface area contributed by atoms with Crippen LogP contribution in [-0.2, 0) is 19.6 Å². The topological polar surface area (TPSA) is 121 Å². The second kappa shape index (κ2) is 10.3. The molecule has 36 heavy (non-hydrogen) atoms. The summed E-state index contributed by atoms with van der Waals surface area (Å²) in [4.78, 5) is 32.9. The average Bonchev–Trinajstić information content (AvgIpc) is 3.20. The molecule has 1 aliphatic rings. The highest BCUT2D eigenvalue weighted by Gasteiger charge is 2.29. The zero-order valence-corrected chi connectivity index (χ0v) is 23.5. The Morgan fingerprint density at radius 2 is 1.69 bits per heavy atom. The van der Waals surface area contributed by atoms with E-state index in [2.05, 4.69) is 19.9 Å². The number of piperazine rings is 1. The van der Waals surface area contributed by atoms with Crippen molar-refractivity contribution in [2.45, 2.75) is 64.5 Å². The lowest BCUT2D eigenvalue weighted by molar-refractivity contribution is -0.114. The van der Waals surface area contributed by atoms with E-state index in [1.807, 2.05) is 20.8 Å². The third kappa shape index (κ3) is 7.40. The number of aromatic nitrogens is 1. The fourth-order valence-electron chi connectivity index (χ4n) is 3.63. The second-order valence-corrected chi connectivity index (χ2v) is 13.4. The van der Waals surface area contributed by atoms with Crippen LogP contribution < -0.4 is 14.9 Å². The molecule has 12 heteroatoms. The predicted octanol–water partition coefficient (Wildman–Crippen LogP) is 3.90. The number of benzene rings is 1. The third-order valence-electron chi connectivity index (χ3n) is 4.99. The normalized spacial score (nSPS) is 15.1. The molecule has 0 saturated carbocycles. The van der Waals surface area contributed by atoms with E-state index in [1.54, 1.807) is 44.0 Å². The van der Waals surface area contributed by atoms with Gasteiger partial charge in [-0.25, -0.2) is 22.9 Å². The summed E-state index contributed by atoms with van der Waals surface area (Å²) in [7, 11) is -3.90. The van der Waals surface area contributed by atoms with Crippen LogP contribution in [0.1, 0.15) is 48.5 Å². The Morgan fingerprint density at radius 1 is 1.06 bits per heavy atom. The highest BCUT2D eigenvalue weighted by molar-refractivity contribution is 7.89. The summed E-state index contributed by atoms with van der Waals surface area (Å²) in [5, 5.41) is 3.39. The van der Waals surface area contributed by atoms with Crippen LogP contribution >= 0.6 is 11.3 Å². The first-order valence-electron chi connectivity index (χ1n) is 11.7. The van der Waals surface area contributed by atoms with Gasteiger partial charge in [-0.15, -0.1) is 0 Å². The molecule has 1 aromatic heterocycles. The van der Waals surface area contributed by atoms with E-state index >= 15 is 0 Å². The fraction of sp³-hybridized carbons (Fsp3) is 0.542. The maximum absolute atomic E-state index is 13.3. The van der Waals surface area contributed by atoms with Crippen molar-refractivity contribution in [3.05, 3.63) is 24.4 Å². The van der Waals surface area contributed by atoms with Crippen molar-refractivity contribution >= 4 is 44.2 Å². The van der Waals surface area contributed by atoms with Gasteiger partial charge >= 0.3 is 6.09 Å². The van der Waals surface area contributed by atoms with Crippen molar-refractivity contribution in [2.24, 2.45) is 0 Å². The zero-order chi connectivity index (χ0) is 26.9. The largest absolute Gasteiger partial charge is 0.444 e. The highest BCUT2D eigenvalue weighted by atomic mass is 32.2. The molecular weight excluding hydrogens is 502 g/mol. The Balaban J connectivity index is 1.85. The molecule has 0 atom stereocenters. The molecule has 0 radical (unpaired) electrons. The van der Waals surface area contributed by atoms with Crippen LogP contribution in [0, 0.1) is 0 Å². The van der Waals surface area contributed by atoms with E-state index in [0.29, 0.717) is 42.3 Å². The molecular formula is C24H35N5O5S2. The van der Waals surface area contributed by atoms with Crippen LogP contribution in [0.25, 0.3) is 10.4 Å². The van der Waals surface area contributed by atoms with E-state index in [-0.39, 0.29) is 16.9 Å². The van der Waals surface area contributed by atoms with Crippen molar-refractivity contribution in [3.63, 3.8) is 0 Å². The van der Waals surface area contributed by atoms with E-state index in [1.165, 1.54) is 24.3 Å². The van der Waals surface area contributed by atoms with Crippen LogP contribution in [0.2, 0.25) is 0 Å². The maximum atomic E-state index is 13.3. The molecule has 3 rings (SSSR count). The van der Waals surface area contributed by atoms with Gasteiger partial charge in [-0.05, 0) is 53.7 Å². The molecule has 1 fully saturated rings. The summed E-state index contributed by atoms with van der Waals surface area (Å²) in [6.45, 7) is 14.4. The first-order chi connectivity index (χ1) is 16.5. The summed E-state index contributed by atoms with van der Waals surface area (Å²) in [6.07, 6.45) is 1.33. The molecule has 1 aliphatic heterocycles. The molecule has 2 aromatic rings. The number of rotatable bonds is 5. The number of hydrogen-bond acceptors (Lipinski definition) is 8. The van der Waals surface area contributed by atoms with Crippen molar-refractivity contribution < 1.29 is 22.7 Å². The summed E-state index contributed by atoms with van der Waals surface area (Å²) in [5.41, 5.74) is -0.346. The van der Waals surface area contributed by atoms with Crippen molar-refractivity contribution in [2.75, 3.05) is 36.4 Å². The van der Waals surface area contributed by atoms with Crippen LogP contribution in [0.5, 0.6) is 0 Å². The number of ether oxygens (including phenoxy) is 1. The number of hydrogen-bond donors (Lipinski definition) is 2. The van der Waals surface area contributed by atoms with Crippen molar-refractivity contribution in [3.8, 4) is 10.4 Å².